The third kappa shape index (κ3) is 26.3. The van der Waals surface area contributed by atoms with E-state index in [1.54, 1.807) is 66.8 Å². The van der Waals surface area contributed by atoms with Gasteiger partial charge in [0.2, 0.25) is 0 Å². The van der Waals surface area contributed by atoms with Gasteiger partial charge in [-0.3, -0.25) is 0 Å². The summed E-state index contributed by atoms with van der Waals surface area (Å²) >= 11 is 0. The van der Waals surface area contributed by atoms with Crippen LogP contribution in [0.4, 0.5) is 0 Å². The van der Waals surface area contributed by atoms with Gasteiger partial charge in [0.05, 0.1) is 0 Å². The first-order chi connectivity index (χ1) is 71.8. The van der Waals surface area contributed by atoms with Gasteiger partial charge < -0.3 is 0 Å². The molecular weight excluding hydrogens is 1750 g/mol. The highest BCUT2D eigenvalue weighted by Gasteiger charge is 2.48. The minimum absolute atomic E-state index is 0.187. The summed E-state index contributed by atoms with van der Waals surface area (Å²) in [5.41, 5.74) is 37.7. The van der Waals surface area contributed by atoms with Gasteiger partial charge in [-0.25, -0.2) is 0 Å². The predicted molar refractivity (Wildman–Crippen MR) is 642 cm³/mol. The maximum absolute atomic E-state index is 2.60. The summed E-state index contributed by atoms with van der Waals surface area (Å²) in [4.78, 5) is 0. The zero-order valence-corrected chi connectivity index (χ0v) is 94.0. The van der Waals surface area contributed by atoms with Gasteiger partial charge in [-0.15, -0.1) is 0 Å². The van der Waals surface area contributed by atoms with E-state index in [0.29, 0.717) is 0 Å². The Kier molecular flexibility index (Phi) is 41.1. The quantitative estimate of drug-likeness (QED) is 0.142. The van der Waals surface area contributed by atoms with Gasteiger partial charge in [-0.1, -0.05) is 614 Å². The highest BCUT2D eigenvalue weighted by molar-refractivity contribution is 6.08. The SMILES string of the molecule is Cc1ccc2c(c1)C1(CCCCCCCCCCCCCCCC1)c1cc(C)c3ccccc3c1-2.Cc1ccc2c(c1)C1(CCCCCCCCCCCCCCCCC1)c1cc(C)c3ccccc3c1-2.Cc1ccc2c(c1)C1(CCCCCCCCCCCCCCCCCC1)c1cc(C)c3ccccc3c1-2.Cc1ccc2c(c1)C1(CCCCCCCCCCCCCCCCCCC1)c1cc(C)c3ccccc3c1-2. The van der Waals surface area contributed by atoms with Gasteiger partial charge in [0, 0.05) is 21.7 Å². The van der Waals surface area contributed by atoms with Crippen molar-refractivity contribution in [2.45, 2.75) is 527 Å². The van der Waals surface area contributed by atoms with Crippen molar-refractivity contribution in [2.75, 3.05) is 0 Å². The zero-order chi connectivity index (χ0) is 101. The van der Waals surface area contributed by atoms with Crippen molar-refractivity contribution >= 4 is 43.1 Å². The van der Waals surface area contributed by atoms with Crippen LogP contribution in [0.5, 0.6) is 0 Å². The average molecular weight is 1950 g/mol. The summed E-state index contributed by atoms with van der Waals surface area (Å²) in [5, 5.41) is 11.6. The van der Waals surface area contributed by atoms with E-state index in [1.807, 2.05) is 0 Å². The number of fused-ring (bicyclic) bond motifs is 28. The normalized spacial score (nSPS) is 20.0. The largest absolute Gasteiger partial charge is 0.0616 e. The Labute approximate surface area is 890 Å². The fraction of sp³-hybridized carbons (Fsp3) is 0.562. The first kappa shape index (κ1) is 109. The van der Waals surface area contributed by atoms with Crippen LogP contribution in [-0.4, -0.2) is 0 Å². The lowest BCUT2D eigenvalue weighted by Crippen LogP contribution is -2.26. The molecule has 0 atom stereocenters. The zero-order valence-electron chi connectivity index (χ0n) is 94.0. The highest BCUT2D eigenvalue weighted by Crippen LogP contribution is 2.63. The Bertz CT molecular complexity index is 6040. The smallest absolute Gasteiger partial charge is 0.0215 e. The maximum atomic E-state index is 2.60. The Morgan fingerprint density at radius 3 is 0.384 bits per heavy atom. The molecule has 146 heavy (non-hydrogen) atoms. The molecule has 0 heterocycles. The molecular formula is C146H196. The molecule has 780 valence electrons. The van der Waals surface area contributed by atoms with Crippen LogP contribution in [-0.2, 0) is 21.7 Å². The Morgan fingerprint density at radius 1 is 0.123 bits per heavy atom. The number of hydrogen-bond donors (Lipinski definition) is 0. The molecule has 0 radical (unpaired) electrons. The monoisotopic (exact) mass is 1950 g/mol. The van der Waals surface area contributed by atoms with Crippen LogP contribution in [0.15, 0.2) is 194 Å². The van der Waals surface area contributed by atoms with Crippen LogP contribution < -0.4 is 0 Å². The van der Waals surface area contributed by atoms with Crippen LogP contribution in [0.2, 0.25) is 0 Å². The molecule has 4 spiro atoms. The maximum Gasteiger partial charge on any atom is 0.0215 e. The summed E-state index contributed by atoms with van der Waals surface area (Å²) < 4.78 is 0. The fourth-order valence-electron chi connectivity index (χ4n) is 30.2. The van der Waals surface area contributed by atoms with Gasteiger partial charge in [0.1, 0.15) is 0 Å². The number of benzene rings is 12. The number of rotatable bonds is 0. The van der Waals surface area contributed by atoms with Crippen molar-refractivity contribution < 1.29 is 0 Å². The van der Waals surface area contributed by atoms with Crippen LogP contribution in [0.25, 0.3) is 87.6 Å². The fourth-order valence-corrected chi connectivity index (χ4v) is 30.2. The summed E-state index contributed by atoms with van der Waals surface area (Å²) in [6.45, 7) is 18.5. The standard InChI is InChI=1S/C38H52.C37H50.C36H48.C35H46/c1-30-24-25-34-35(28-30)38(36-29-31(2)32-22-18-19-23-33(32)37(34)36)26-20-16-14-12-10-8-6-4-3-5-7-9-11-13-15-17-21-27-38;1-29-23-24-33-34(27-29)37(35-28-30(2)31-21-17-18-22-32(31)36(33)35)25-19-15-13-11-9-7-5-3-4-6-8-10-12-14-16-20-26-37;1-28-22-23-32-33(26-28)36(34-27-29(2)30-20-16-17-21-31(30)35(32)34)24-18-14-12-10-8-6-4-3-5-7-9-11-13-15-19-25-36;1-27-21-22-31-32(25-27)35(33-26-28(2)29-19-15-16-20-30(29)34(31)33)23-17-13-11-9-7-5-3-4-6-8-10-12-14-18-24-35/h18-19,22-25,28-29H,3-17,20-21,26-27H2,1-2H3;17-18,21-24,27-28H,3-16,19-20,25-26H2,1-2H3;16-17,20-23,26-27H,3-15,18-19,24-25H2,1-2H3;15-16,19-22,25-26H,3-14,17-18,23-24H2,1-2H3. The first-order valence-electron chi connectivity index (χ1n) is 62.4. The van der Waals surface area contributed by atoms with Crippen molar-refractivity contribution in [1.82, 2.24) is 0 Å². The molecule has 20 rings (SSSR count). The molecule has 4 saturated carbocycles. The second kappa shape index (κ2) is 55.1. The van der Waals surface area contributed by atoms with Crippen LogP contribution >= 0.6 is 0 Å². The second-order valence-electron chi connectivity index (χ2n) is 49.1. The molecule has 0 nitrogen and oxygen atoms in total. The minimum atomic E-state index is 0.187. The third-order valence-electron chi connectivity index (χ3n) is 38.2. The Hall–Kier alpha value is -8.32. The van der Waals surface area contributed by atoms with Gasteiger partial charge >= 0.3 is 0 Å². The lowest BCUT2D eigenvalue weighted by molar-refractivity contribution is 0.395. The topological polar surface area (TPSA) is 0 Å². The summed E-state index contributed by atoms with van der Waals surface area (Å²) in [6.07, 6.45) is 99.0. The lowest BCUT2D eigenvalue weighted by Gasteiger charge is -2.33. The lowest BCUT2D eigenvalue weighted by atomic mass is 9.70. The molecule has 8 aliphatic carbocycles. The van der Waals surface area contributed by atoms with E-state index in [4.69, 9.17) is 0 Å². The Morgan fingerprint density at radius 2 is 0.247 bits per heavy atom. The van der Waals surface area contributed by atoms with Crippen LogP contribution in [0.3, 0.4) is 0 Å². The third-order valence-corrected chi connectivity index (χ3v) is 38.2. The van der Waals surface area contributed by atoms with Gasteiger partial charge in [0.25, 0.3) is 0 Å². The molecule has 0 heteroatoms. The molecule has 0 aromatic heterocycles. The Balaban J connectivity index is 0.000000133. The summed E-state index contributed by atoms with van der Waals surface area (Å²) in [6, 6.07) is 76.5. The van der Waals surface area contributed by atoms with Crippen molar-refractivity contribution in [3.05, 3.63) is 283 Å². The predicted octanol–water partition coefficient (Wildman–Crippen LogP) is 46.3. The van der Waals surface area contributed by atoms with E-state index in [9.17, 15) is 0 Å². The number of aryl methyl sites for hydroxylation is 8. The van der Waals surface area contributed by atoms with Crippen LogP contribution in [0.1, 0.15) is 538 Å². The van der Waals surface area contributed by atoms with Crippen molar-refractivity contribution in [3.63, 3.8) is 0 Å². The van der Waals surface area contributed by atoms with E-state index < -0.39 is 0 Å². The molecule has 0 bridgehead atoms. The van der Waals surface area contributed by atoms with E-state index in [1.165, 1.54) is 559 Å². The van der Waals surface area contributed by atoms with E-state index in [2.05, 4.69) is 250 Å². The molecule has 0 aliphatic heterocycles. The molecule has 4 fully saturated rings. The van der Waals surface area contributed by atoms with Crippen LogP contribution in [0, 0.1) is 55.4 Å². The van der Waals surface area contributed by atoms with Crippen molar-refractivity contribution in [3.8, 4) is 44.5 Å². The summed E-state index contributed by atoms with van der Waals surface area (Å²) in [7, 11) is 0. The van der Waals surface area contributed by atoms with Gasteiger partial charge in [-0.2, -0.15) is 0 Å². The molecule has 8 aliphatic rings. The first-order valence-corrected chi connectivity index (χ1v) is 62.4. The molecule has 0 amide bonds. The molecule has 0 unspecified atom stereocenters. The number of hydrogen-bond acceptors (Lipinski definition) is 0. The minimum Gasteiger partial charge on any atom is -0.0616 e. The van der Waals surface area contributed by atoms with Crippen molar-refractivity contribution in [1.29, 1.82) is 0 Å². The molecule has 0 N–H and O–H groups in total. The van der Waals surface area contributed by atoms with Crippen molar-refractivity contribution in [2.24, 2.45) is 0 Å². The molecule has 0 saturated heterocycles. The second-order valence-corrected chi connectivity index (χ2v) is 49.1. The average Bonchev–Trinajstić information content (AvgIpc) is 1.56. The highest BCUT2D eigenvalue weighted by atomic mass is 14.5. The van der Waals surface area contributed by atoms with Gasteiger partial charge in [-0.05, 0) is 261 Å². The van der Waals surface area contributed by atoms with E-state index >= 15 is 0 Å². The molecule has 12 aromatic rings. The molecule has 12 aromatic carbocycles. The summed E-state index contributed by atoms with van der Waals surface area (Å²) in [5.74, 6) is 0. The van der Waals surface area contributed by atoms with E-state index in [-0.39, 0.29) is 21.7 Å². The van der Waals surface area contributed by atoms with Gasteiger partial charge in [0.15, 0.2) is 0 Å². The van der Waals surface area contributed by atoms with E-state index in [0.717, 1.165) is 0 Å².